The highest BCUT2D eigenvalue weighted by Crippen LogP contribution is 2.42. The van der Waals surface area contributed by atoms with Gasteiger partial charge in [0, 0.05) is 18.1 Å². The molecule has 0 radical (unpaired) electrons. The molecule has 0 saturated carbocycles. The van der Waals surface area contributed by atoms with Gasteiger partial charge in [0.1, 0.15) is 12.2 Å². The van der Waals surface area contributed by atoms with E-state index in [0.717, 1.165) is 27.6 Å². The highest BCUT2D eigenvalue weighted by molar-refractivity contribution is 7.89. The summed E-state index contributed by atoms with van der Waals surface area (Å²) in [7, 11) is -0.725. The minimum atomic E-state index is -3.86. The van der Waals surface area contributed by atoms with Crippen LogP contribution < -0.4 is 9.47 Å². The molecule has 1 atom stereocenters. The largest absolute Gasteiger partial charge is 0.493 e. The molecule has 1 aliphatic heterocycles. The quantitative estimate of drug-likeness (QED) is 0.410. The highest BCUT2D eigenvalue weighted by atomic mass is 32.2. The molecule has 8 heteroatoms. The number of ether oxygens (including phenoxy) is 2. The number of aromatic nitrogens is 1. The number of para-hydroxylation sites is 1. The van der Waals surface area contributed by atoms with E-state index < -0.39 is 16.2 Å². The Morgan fingerprint density at radius 1 is 1.00 bits per heavy atom. The van der Waals surface area contributed by atoms with Crippen LogP contribution in [-0.4, -0.2) is 38.1 Å². The number of methoxy groups -OCH3 is 2. The molecule has 0 N–H and O–H groups in total. The van der Waals surface area contributed by atoms with E-state index in [1.165, 1.54) is 4.31 Å². The predicted molar refractivity (Wildman–Crippen MR) is 133 cm³/mol. The fourth-order valence-electron chi connectivity index (χ4n) is 4.78. The van der Waals surface area contributed by atoms with Crippen molar-refractivity contribution in [1.29, 1.82) is 5.26 Å². The van der Waals surface area contributed by atoms with E-state index in [0.29, 0.717) is 23.5 Å². The second-order valence-electron chi connectivity index (χ2n) is 8.54. The number of aryl methyl sites for hydroxylation is 1. The Bertz CT molecular complexity index is 1570. The van der Waals surface area contributed by atoms with Gasteiger partial charge in [-0.1, -0.05) is 35.9 Å². The molecular formula is C27H25N3O4S. The van der Waals surface area contributed by atoms with Gasteiger partial charge >= 0.3 is 0 Å². The maximum absolute atomic E-state index is 14.0. The first-order chi connectivity index (χ1) is 16.9. The molecule has 1 aliphatic rings. The standard InChI is InChI=1S/C27H25N3O4S/c1-18-8-10-21(11-9-18)35(31,32)30-13-12-19-14-25(33-2)26(34-3)15-23(19)27(30)29-17-20(16-28)22-6-4-5-7-24(22)29/h4-11,14-15,17,27H,12-13H2,1-3H3. The first kappa shape index (κ1) is 23.0. The molecule has 1 aromatic heterocycles. The predicted octanol–water partition coefficient (Wildman–Crippen LogP) is 4.63. The Balaban J connectivity index is 1.78. The van der Waals surface area contributed by atoms with Crippen LogP contribution >= 0.6 is 0 Å². The van der Waals surface area contributed by atoms with Crippen molar-refractivity contribution >= 4 is 20.9 Å². The Morgan fingerprint density at radius 3 is 2.37 bits per heavy atom. The fourth-order valence-corrected chi connectivity index (χ4v) is 6.34. The lowest BCUT2D eigenvalue weighted by Crippen LogP contribution is -2.43. The fraction of sp³-hybridized carbons (Fsp3) is 0.222. The molecule has 35 heavy (non-hydrogen) atoms. The topological polar surface area (TPSA) is 84.6 Å². The first-order valence-corrected chi connectivity index (χ1v) is 12.7. The van der Waals surface area contributed by atoms with Crippen molar-refractivity contribution in [3.05, 3.63) is 89.1 Å². The number of rotatable bonds is 5. The van der Waals surface area contributed by atoms with Crippen LogP contribution in [0.1, 0.15) is 28.4 Å². The van der Waals surface area contributed by atoms with Gasteiger partial charge in [0.25, 0.3) is 0 Å². The zero-order valence-electron chi connectivity index (χ0n) is 19.7. The normalized spacial score (nSPS) is 16.0. The van der Waals surface area contributed by atoms with E-state index in [1.807, 2.05) is 47.9 Å². The third-order valence-corrected chi connectivity index (χ3v) is 8.42. The van der Waals surface area contributed by atoms with Gasteiger partial charge in [-0.15, -0.1) is 0 Å². The maximum atomic E-state index is 14.0. The molecule has 1 unspecified atom stereocenters. The Hall–Kier alpha value is -3.80. The number of nitriles is 1. The number of nitrogens with zero attached hydrogens (tertiary/aromatic N) is 3. The zero-order valence-corrected chi connectivity index (χ0v) is 20.5. The van der Waals surface area contributed by atoms with Gasteiger partial charge in [-0.05, 0) is 54.8 Å². The van der Waals surface area contributed by atoms with Gasteiger partial charge in [0.2, 0.25) is 10.0 Å². The van der Waals surface area contributed by atoms with Crippen LogP contribution in [0.5, 0.6) is 11.5 Å². The summed E-state index contributed by atoms with van der Waals surface area (Å²) in [5.41, 5.74) is 4.01. The van der Waals surface area contributed by atoms with Gasteiger partial charge < -0.3 is 14.0 Å². The molecule has 0 bridgehead atoms. The number of benzene rings is 3. The van der Waals surface area contributed by atoms with Gasteiger partial charge in [-0.3, -0.25) is 0 Å². The van der Waals surface area contributed by atoms with Crippen LogP contribution in [-0.2, 0) is 16.4 Å². The van der Waals surface area contributed by atoms with Crippen molar-refractivity contribution in [3.8, 4) is 17.6 Å². The molecule has 3 aromatic carbocycles. The molecule has 7 nitrogen and oxygen atoms in total. The first-order valence-electron chi connectivity index (χ1n) is 11.2. The summed E-state index contributed by atoms with van der Waals surface area (Å²) in [5, 5.41) is 10.6. The second kappa shape index (κ2) is 8.77. The average molecular weight is 488 g/mol. The van der Waals surface area contributed by atoms with Gasteiger partial charge in [0.05, 0.1) is 30.2 Å². The molecule has 5 rings (SSSR count). The van der Waals surface area contributed by atoms with Gasteiger partial charge in [-0.2, -0.15) is 9.57 Å². The number of sulfonamides is 1. The van der Waals surface area contributed by atoms with Crippen molar-refractivity contribution in [2.75, 3.05) is 20.8 Å². The summed E-state index contributed by atoms with van der Waals surface area (Å²) in [4.78, 5) is 0.231. The molecule has 0 aliphatic carbocycles. The Morgan fingerprint density at radius 2 is 1.69 bits per heavy atom. The van der Waals surface area contributed by atoms with E-state index in [9.17, 15) is 13.7 Å². The lowest BCUT2D eigenvalue weighted by atomic mass is 9.97. The smallest absolute Gasteiger partial charge is 0.245 e. The van der Waals surface area contributed by atoms with E-state index in [-0.39, 0.29) is 11.4 Å². The van der Waals surface area contributed by atoms with Crippen molar-refractivity contribution in [2.45, 2.75) is 24.4 Å². The summed E-state index contributed by atoms with van der Waals surface area (Å²) < 4.78 is 42.4. The second-order valence-corrected chi connectivity index (χ2v) is 10.4. The van der Waals surface area contributed by atoms with Crippen LogP contribution in [0.3, 0.4) is 0 Å². The summed E-state index contributed by atoms with van der Waals surface area (Å²) in [5.74, 6) is 1.11. The summed E-state index contributed by atoms with van der Waals surface area (Å²) in [6, 6.07) is 20.4. The van der Waals surface area contributed by atoms with E-state index in [4.69, 9.17) is 9.47 Å². The summed E-state index contributed by atoms with van der Waals surface area (Å²) in [6.45, 7) is 2.20. The molecule has 178 valence electrons. The Labute approximate surface area is 204 Å². The number of hydrogen-bond acceptors (Lipinski definition) is 5. The highest BCUT2D eigenvalue weighted by Gasteiger charge is 2.39. The average Bonchev–Trinajstić information content (AvgIpc) is 3.25. The summed E-state index contributed by atoms with van der Waals surface area (Å²) in [6.07, 6.45) is 1.54. The van der Waals surface area contributed by atoms with Crippen LogP contribution in [0.25, 0.3) is 10.9 Å². The van der Waals surface area contributed by atoms with E-state index in [2.05, 4.69) is 6.07 Å². The van der Waals surface area contributed by atoms with Crippen LogP contribution in [0.4, 0.5) is 0 Å². The third-order valence-electron chi connectivity index (χ3n) is 6.55. The number of hydrogen-bond donors (Lipinski definition) is 0. The zero-order chi connectivity index (χ0) is 24.7. The van der Waals surface area contributed by atoms with Gasteiger partial charge in [-0.25, -0.2) is 8.42 Å². The van der Waals surface area contributed by atoms with Crippen molar-refractivity contribution in [3.63, 3.8) is 0 Å². The molecule has 2 heterocycles. The Kier molecular flexibility index (Phi) is 5.75. The monoisotopic (exact) mass is 487 g/mol. The lowest BCUT2D eigenvalue weighted by Gasteiger charge is -2.38. The minimum Gasteiger partial charge on any atom is -0.493 e. The molecule has 0 saturated heterocycles. The number of fused-ring (bicyclic) bond motifs is 2. The SMILES string of the molecule is COc1cc2c(cc1OC)C(n1cc(C#N)c3ccccc31)N(S(=O)(=O)c1ccc(C)cc1)CC2. The molecule has 4 aromatic rings. The molecule has 0 amide bonds. The minimum absolute atomic E-state index is 0.231. The van der Waals surface area contributed by atoms with Crippen molar-refractivity contribution in [2.24, 2.45) is 0 Å². The van der Waals surface area contributed by atoms with Crippen LogP contribution in [0, 0.1) is 18.3 Å². The van der Waals surface area contributed by atoms with Crippen molar-refractivity contribution in [1.82, 2.24) is 8.87 Å². The van der Waals surface area contributed by atoms with Crippen LogP contribution in [0.2, 0.25) is 0 Å². The van der Waals surface area contributed by atoms with E-state index in [1.54, 1.807) is 44.7 Å². The lowest BCUT2D eigenvalue weighted by molar-refractivity contribution is 0.275. The van der Waals surface area contributed by atoms with Gasteiger partial charge in [0.15, 0.2) is 11.5 Å². The molecular weight excluding hydrogens is 462 g/mol. The maximum Gasteiger partial charge on any atom is 0.245 e. The molecule has 0 spiro atoms. The van der Waals surface area contributed by atoms with Crippen LogP contribution in [0.15, 0.2) is 71.8 Å². The third kappa shape index (κ3) is 3.73. The van der Waals surface area contributed by atoms with Crippen molar-refractivity contribution < 1.29 is 17.9 Å². The van der Waals surface area contributed by atoms with E-state index >= 15 is 0 Å². The summed E-state index contributed by atoms with van der Waals surface area (Å²) >= 11 is 0. The molecule has 0 fully saturated rings.